The molecule has 0 saturated carbocycles. The fourth-order valence-corrected chi connectivity index (χ4v) is 3.95. The number of rotatable bonds is 6. The summed E-state index contributed by atoms with van der Waals surface area (Å²) in [5.41, 5.74) is -0.162. The number of terminal acetylenes is 1. The van der Waals surface area contributed by atoms with Crippen LogP contribution in [0.25, 0.3) is 0 Å². The molecule has 1 saturated heterocycles. The smallest absolute Gasteiger partial charge is 0.397 e. The fourth-order valence-electron chi connectivity index (χ4n) is 2.88. The SMILES string of the molecule is C#Cc1cn(C2CCC(COP3OCC(/C=C\C)=C(C=C)O3)O2)c(=O)[nH]c1=O.CO. The molecule has 0 radical (unpaired) electrons. The number of nitrogens with zero attached hydrogens (tertiary/aromatic N) is 1. The first-order valence-corrected chi connectivity index (χ1v) is 10.3. The number of allylic oxidation sites excluding steroid dienone is 2. The Labute approximate surface area is 175 Å². The molecule has 162 valence electrons. The Kier molecular flexibility index (Phi) is 9.24. The Balaban J connectivity index is 0.00000155. The fraction of sp³-hybridized carbons (Fsp3) is 0.400. The first-order chi connectivity index (χ1) is 14.5. The Morgan fingerprint density at radius 1 is 1.47 bits per heavy atom. The van der Waals surface area contributed by atoms with Crippen molar-refractivity contribution in [3.05, 3.63) is 68.7 Å². The highest BCUT2D eigenvalue weighted by molar-refractivity contribution is 7.41. The van der Waals surface area contributed by atoms with E-state index in [1.54, 1.807) is 6.08 Å². The maximum Gasteiger partial charge on any atom is 0.397 e. The highest BCUT2D eigenvalue weighted by Gasteiger charge is 2.30. The lowest BCUT2D eigenvalue weighted by Gasteiger charge is -2.25. The van der Waals surface area contributed by atoms with Crippen molar-refractivity contribution in [2.24, 2.45) is 0 Å². The van der Waals surface area contributed by atoms with Gasteiger partial charge in [0.1, 0.15) is 17.6 Å². The minimum absolute atomic E-state index is 0.0797. The number of H-pyrrole nitrogens is 1. The van der Waals surface area contributed by atoms with Crippen molar-refractivity contribution >= 4 is 8.60 Å². The third-order valence-corrected chi connectivity index (χ3v) is 5.30. The van der Waals surface area contributed by atoms with Gasteiger partial charge in [-0.15, -0.1) is 6.42 Å². The summed E-state index contributed by atoms with van der Waals surface area (Å²) in [7, 11) is -0.543. The molecule has 0 bridgehead atoms. The number of aromatic amines is 1. The quantitative estimate of drug-likeness (QED) is 0.519. The lowest BCUT2D eigenvalue weighted by Crippen LogP contribution is -2.33. The first-order valence-electron chi connectivity index (χ1n) is 9.20. The molecule has 0 aromatic carbocycles. The van der Waals surface area contributed by atoms with E-state index in [1.165, 1.54) is 10.8 Å². The summed E-state index contributed by atoms with van der Waals surface area (Å²) in [4.78, 5) is 25.8. The molecule has 30 heavy (non-hydrogen) atoms. The van der Waals surface area contributed by atoms with Gasteiger partial charge in [0.2, 0.25) is 0 Å². The third kappa shape index (κ3) is 5.79. The monoisotopic (exact) mass is 436 g/mol. The molecule has 2 aliphatic heterocycles. The van der Waals surface area contributed by atoms with E-state index in [-0.39, 0.29) is 18.3 Å². The molecular formula is C20H25N2O7P. The van der Waals surface area contributed by atoms with Crippen LogP contribution in [-0.4, -0.2) is 41.1 Å². The van der Waals surface area contributed by atoms with Crippen molar-refractivity contribution in [1.29, 1.82) is 0 Å². The Morgan fingerprint density at radius 2 is 2.23 bits per heavy atom. The Morgan fingerprint density at radius 3 is 2.90 bits per heavy atom. The second-order valence-corrected chi connectivity index (χ2v) is 7.27. The number of aliphatic hydroxyl groups is 1. The summed E-state index contributed by atoms with van der Waals surface area (Å²) in [6, 6.07) is 0. The van der Waals surface area contributed by atoms with Crippen molar-refractivity contribution in [2.75, 3.05) is 20.3 Å². The number of aliphatic hydroxyl groups excluding tert-OH is 1. The molecule has 3 atom stereocenters. The summed E-state index contributed by atoms with van der Waals surface area (Å²) < 4.78 is 24.2. The van der Waals surface area contributed by atoms with E-state index in [9.17, 15) is 9.59 Å². The summed E-state index contributed by atoms with van der Waals surface area (Å²) in [5, 5.41) is 7.00. The maximum absolute atomic E-state index is 12.0. The molecule has 1 fully saturated rings. The van der Waals surface area contributed by atoms with Gasteiger partial charge in [-0.25, -0.2) is 4.79 Å². The van der Waals surface area contributed by atoms with Crippen LogP contribution in [-0.2, 0) is 18.3 Å². The third-order valence-electron chi connectivity index (χ3n) is 4.25. The van der Waals surface area contributed by atoms with E-state index in [1.807, 2.05) is 19.1 Å². The molecule has 2 N–H and O–H groups in total. The molecular weight excluding hydrogens is 411 g/mol. The van der Waals surface area contributed by atoms with Crippen molar-refractivity contribution in [3.63, 3.8) is 0 Å². The zero-order chi connectivity index (χ0) is 22.1. The van der Waals surface area contributed by atoms with E-state index in [4.69, 9.17) is 29.8 Å². The van der Waals surface area contributed by atoms with Crippen molar-refractivity contribution < 1.29 is 23.4 Å². The lowest BCUT2D eigenvalue weighted by molar-refractivity contribution is -0.0232. The summed E-state index contributed by atoms with van der Waals surface area (Å²) >= 11 is 0. The van der Waals surface area contributed by atoms with Gasteiger partial charge in [0, 0.05) is 18.9 Å². The van der Waals surface area contributed by atoms with Crippen LogP contribution in [0.2, 0.25) is 0 Å². The molecule has 0 amide bonds. The number of aromatic nitrogens is 2. The molecule has 1 aromatic heterocycles. The zero-order valence-electron chi connectivity index (χ0n) is 16.9. The van der Waals surface area contributed by atoms with Crippen LogP contribution in [0.3, 0.4) is 0 Å². The van der Waals surface area contributed by atoms with Crippen molar-refractivity contribution in [1.82, 2.24) is 9.55 Å². The van der Waals surface area contributed by atoms with Gasteiger partial charge in [0.05, 0.1) is 19.3 Å². The normalized spacial score (nSPS) is 23.5. The van der Waals surface area contributed by atoms with Crippen LogP contribution in [0.15, 0.2) is 51.9 Å². The van der Waals surface area contributed by atoms with E-state index in [0.29, 0.717) is 25.2 Å². The summed E-state index contributed by atoms with van der Waals surface area (Å²) in [5.74, 6) is 2.90. The average molecular weight is 436 g/mol. The van der Waals surface area contributed by atoms with E-state index < -0.39 is 26.1 Å². The van der Waals surface area contributed by atoms with Gasteiger partial charge in [-0.05, 0) is 25.8 Å². The topological polar surface area (TPSA) is 112 Å². The largest absolute Gasteiger partial charge is 0.426 e. The molecule has 3 rings (SSSR count). The molecule has 10 heteroatoms. The molecule has 0 aliphatic carbocycles. The van der Waals surface area contributed by atoms with Gasteiger partial charge in [-0.1, -0.05) is 24.7 Å². The Hall–Kier alpha value is -2.47. The standard InChI is InChI=1S/C19H21N2O6P.CH4O/c1-4-7-14-11-24-28(27-16(14)6-3)25-12-15-8-9-17(26-15)21-10-13(5-2)18(22)20-19(21)23;1-2/h2,4,6-7,10,15,17H,3,8-9,11-12H2,1H3,(H,20,22,23);2H,1H3/b7-4-;. The molecule has 1 aromatic rings. The molecule has 2 aliphatic rings. The predicted octanol–water partition coefficient (Wildman–Crippen LogP) is 2.11. The minimum Gasteiger partial charge on any atom is -0.426 e. The van der Waals surface area contributed by atoms with E-state index in [2.05, 4.69) is 17.5 Å². The van der Waals surface area contributed by atoms with Crippen LogP contribution in [0.1, 0.15) is 31.6 Å². The van der Waals surface area contributed by atoms with Gasteiger partial charge in [0.15, 0.2) is 0 Å². The van der Waals surface area contributed by atoms with Gasteiger partial charge >= 0.3 is 14.3 Å². The van der Waals surface area contributed by atoms with Crippen LogP contribution >= 0.6 is 8.60 Å². The van der Waals surface area contributed by atoms with Crippen molar-refractivity contribution in [2.45, 2.75) is 32.1 Å². The predicted molar refractivity (Wildman–Crippen MR) is 112 cm³/mol. The van der Waals surface area contributed by atoms with Crippen molar-refractivity contribution in [3.8, 4) is 12.3 Å². The second kappa shape index (κ2) is 11.6. The molecule has 3 heterocycles. The number of ether oxygens (including phenoxy) is 1. The maximum atomic E-state index is 12.0. The number of hydrogen-bond donors (Lipinski definition) is 2. The molecule has 3 unspecified atom stereocenters. The van der Waals surface area contributed by atoms with Gasteiger partial charge < -0.3 is 14.4 Å². The minimum atomic E-state index is -1.54. The lowest BCUT2D eigenvalue weighted by atomic mass is 10.2. The highest BCUT2D eigenvalue weighted by Crippen LogP contribution is 2.47. The number of nitrogens with one attached hydrogen (secondary N) is 1. The van der Waals surface area contributed by atoms with E-state index in [0.717, 1.165) is 12.7 Å². The average Bonchev–Trinajstić information content (AvgIpc) is 3.23. The summed E-state index contributed by atoms with van der Waals surface area (Å²) in [6.45, 7) is 6.30. The second-order valence-electron chi connectivity index (χ2n) is 6.12. The van der Waals surface area contributed by atoms with Crippen LogP contribution in [0.4, 0.5) is 0 Å². The summed E-state index contributed by atoms with van der Waals surface area (Å²) in [6.07, 6.45) is 12.6. The van der Waals surface area contributed by atoms with Gasteiger partial charge in [-0.3, -0.25) is 23.4 Å². The van der Waals surface area contributed by atoms with Gasteiger partial charge in [-0.2, -0.15) is 0 Å². The molecule has 0 spiro atoms. The zero-order valence-corrected chi connectivity index (χ0v) is 17.8. The molecule has 9 nitrogen and oxygen atoms in total. The van der Waals surface area contributed by atoms with Crippen LogP contribution in [0.5, 0.6) is 0 Å². The first kappa shape index (κ1) is 23.8. The van der Waals surface area contributed by atoms with Gasteiger partial charge in [0.25, 0.3) is 5.56 Å². The van der Waals surface area contributed by atoms with E-state index >= 15 is 0 Å². The number of hydrogen-bond acceptors (Lipinski definition) is 7. The highest BCUT2D eigenvalue weighted by atomic mass is 31.2. The van der Waals surface area contributed by atoms with Crippen LogP contribution < -0.4 is 11.2 Å². The van der Waals surface area contributed by atoms with Crippen LogP contribution in [0, 0.1) is 12.3 Å². The Bertz CT molecular complexity index is 957.